The van der Waals surface area contributed by atoms with E-state index in [0.29, 0.717) is 62.0 Å². The molecule has 1 N–H and O–H groups in total. The number of rotatable bonds is 10. The monoisotopic (exact) mass is 604 g/mol. The Bertz CT molecular complexity index is 1430. The van der Waals surface area contributed by atoms with Crippen molar-refractivity contribution in [1.29, 1.82) is 0 Å². The van der Waals surface area contributed by atoms with Gasteiger partial charge in [0.05, 0.1) is 10.1 Å². The molecule has 1 saturated carbocycles. The summed E-state index contributed by atoms with van der Waals surface area (Å²) in [5, 5.41) is 10.8. The highest BCUT2D eigenvalue weighted by Gasteiger charge is 2.34. The Morgan fingerprint density at radius 3 is 2.02 bits per heavy atom. The van der Waals surface area contributed by atoms with Crippen molar-refractivity contribution in [3.8, 4) is 5.75 Å². The minimum absolute atomic E-state index is 0.0997. The molecule has 4 rings (SSSR count). The third-order valence-electron chi connectivity index (χ3n) is 8.64. The van der Waals surface area contributed by atoms with E-state index in [2.05, 4.69) is 9.80 Å². The van der Waals surface area contributed by atoms with Gasteiger partial charge in [0.15, 0.2) is 9.84 Å². The van der Waals surface area contributed by atoms with Crippen LogP contribution in [0.3, 0.4) is 0 Å². The SMILES string of the molecule is CC(C)n1c(N2CCN(CC(O)C(C)(C)Oc3ccc(S(=O)(=O)C4CCCCC4)cc3)CC2)cc(=O)n(C(C)C)c1=O. The summed E-state index contributed by atoms with van der Waals surface area (Å²) in [5.41, 5.74) is -1.50. The van der Waals surface area contributed by atoms with Crippen LogP contribution in [0.4, 0.5) is 5.82 Å². The topological polar surface area (TPSA) is 114 Å². The number of aromatic nitrogens is 2. The van der Waals surface area contributed by atoms with Crippen molar-refractivity contribution in [2.75, 3.05) is 37.6 Å². The van der Waals surface area contributed by atoms with E-state index in [4.69, 9.17) is 4.74 Å². The standard InChI is InChI=1S/C31H48N4O6S/c1-22(2)34-28(20-29(37)35(23(3)4)30(34)38)33-18-16-32(17-19-33)21-27(36)31(5,6)41-24-12-14-26(15-13-24)42(39,40)25-10-8-7-9-11-25/h12-15,20,22-23,25,27,36H,7-11,16-19,21H2,1-6H3. The number of aliphatic hydroxyl groups is 1. The smallest absolute Gasteiger partial charge is 0.333 e. The van der Waals surface area contributed by atoms with Crippen molar-refractivity contribution < 1.29 is 18.3 Å². The number of β-amino-alcohol motifs (C(OH)–C–C–N with tert-alkyl or cyclic N) is 1. The summed E-state index contributed by atoms with van der Waals surface area (Å²) in [5.74, 6) is 1.14. The molecule has 1 aliphatic carbocycles. The molecular formula is C31H48N4O6S. The Morgan fingerprint density at radius 2 is 1.48 bits per heavy atom. The van der Waals surface area contributed by atoms with Gasteiger partial charge in [0, 0.05) is 50.9 Å². The van der Waals surface area contributed by atoms with Gasteiger partial charge >= 0.3 is 5.69 Å². The molecule has 10 nitrogen and oxygen atoms in total. The summed E-state index contributed by atoms with van der Waals surface area (Å²) in [6, 6.07) is 7.80. The zero-order valence-electron chi connectivity index (χ0n) is 26.0. The third-order valence-corrected chi connectivity index (χ3v) is 10.9. The molecule has 2 heterocycles. The molecule has 1 aliphatic heterocycles. The minimum Gasteiger partial charge on any atom is -0.485 e. The summed E-state index contributed by atoms with van der Waals surface area (Å²) < 4.78 is 35.2. The van der Waals surface area contributed by atoms with Crippen LogP contribution >= 0.6 is 0 Å². The molecule has 1 unspecified atom stereocenters. The fourth-order valence-electron chi connectivity index (χ4n) is 6.02. The second-order valence-electron chi connectivity index (χ2n) is 12.8. The van der Waals surface area contributed by atoms with E-state index < -0.39 is 21.5 Å². The highest BCUT2D eigenvalue weighted by atomic mass is 32.2. The van der Waals surface area contributed by atoms with Crippen LogP contribution in [0.25, 0.3) is 0 Å². The van der Waals surface area contributed by atoms with Crippen LogP contribution in [0.5, 0.6) is 5.75 Å². The van der Waals surface area contributed by atoms with Crippen molar-refractivity contribution in [2.45, 2.75) is 108 Å². The lowest BCUT2D eigenvalue weighted by atomic mass is 10.0. The summed E-state index contributed by atoms with van der Waals surface area (Å²) in [6.45, 7) is 14.1. The van der Waals surface area contributed by atoms with Crippen molar-refractivity contribution in [3.63, 3.8) is 0 Å². The van der Waals surface area contributed by atoms with Gasteiger partial charge in [0.1, 0.15) is 23.3 Å². The highest BCUT2D eigenvalue weighted by molar-refractivity contribution is 7.92. The first kappa shape index (κ1) is 32.3. The Labute approximate surface area is 249 Å². The Kier molecular flexibility index (Phi) is 9.94. The Hall–Kier alpha value is -2.63. The van der Waals surface area contributed by atoms with Gasteiger partial charge in [-0.25, -0.2) is 13.2 Å². The van der Waals surface area contributed by atoms with Crippen molar-refractivity contribution >= 4 is 15.7 Å². The average molecular weight is 605 g/mol. The van der Waals surface area contributed by atoms with Gasteiger partial charge in [0.2, 0.25) is 0 Å². The number of benzene rings is 1. The molecular weight excluding hydrogens is 556 g/mol. The second-order valence-corrected chi connectivity index (χ2v) is 15.1. The van der Waals surface area contributed by atoms with Gasteiger partial charge in [-0.3, -0.25) is 18.8 Å². The first-order chi connectivity index (χ1) is 19.7. The molecule has 2 fully saturated rings. The molecule has 1 aromatic carbocycles. The summed E-state index contributed by atoms with van der Waals surface area (Å²) in [6.07, 6.45) is 3.63. The number of anilines is 1. The lowest BCUT2D eigenvalue weighted by Gasteiger charge is -2.40. The van der Waals surface area contributed by atoms with E-state index >= 15 is 0 Å². The number of hydrogen-bond acceptors (Lipinski definition) is 8. The summed E-state index contributed by atoms with van der Waals surface area (Å²) in [7, 11) is -3.35. The molecule has 0 radical (unpaired) electrons. The molecule has 2 aromatic rings. The van der Waals surface area contributed by atoms with E-state index in [-0.39, 0.29) is 28.6 Å². The first-order valence-corrected chi connectivity index (χ1v) is 16.8. The van der Waals surface area contributed by atoms with Crippen molar-refractivity contribution in [2.24, 2.45) is 0 Å². The van der Waals surface area contributed by atoms with Gasteiger partial charge in [-0.05, 0) is 78.6 Å². The van der Waals surface area contributed by atoms with Crippen molar-refractivity contribution in [1.82, 2.24) is 14.0 Å². The molecule has 0 spiro atoms. The van der Waals surface area contributed by atoms with Crippen LogP contribution in [0.2, 0.25) is 0 Å². The third kappa shape index (κ3) is 6.94. The molecule has 11 heteroatoms. The molecule has 0 amide bonds. The predicted octanol–water partition coefficient (Wildman–Crippen LogP) is 3.62. The van der Waals surface area contributed by atoms with Gasteiger partial charge in [0.25, 0.3) is 5.56 Å². The molecule has 2 aliphatic rings. The van der Waals surface area contributed by atoms with E-state index in [1.54, 1.807) is 34.9 Å². The molecule has 1 aromatic heterocycles. The number of ether oxygens (including phenoxy) is 1. The number of hydrogen-bond donors (Lipinski definition) is 1. The predicted molar refractivity (Wildman–Crippen MR) is 166 cm³/mol. The number of nitrogens with zero attached hydrogens (tertiary/aromatic N) is 4. The average Bonchev–Trinajstić information content (AvgIpc) is 2.93. The number of sulfone groups is 1. The maximum absolute atomic E-state index is 13.2. The van der Waals surface area contributed by atoms with Gasteiger partial charge in [-0.1, -0.05) is 19.3 Å². The molecule has 1 atom stereocenters. The Balaban J connectivity index is 1.37. The van der Waals surface area contributed by atoms with E-state index in [1.165, 1.54) is 4.57 Å². The zero-order chi connectivity index (χ0) is 30.8. The second kappa shape index (κ2) is 12.9. The van der Waals surface area contributed by atoms with Crippen LogP contribution in [0.1, 0.15) is 85.7 Å². The van der Waals surface area contributed by atoms with Crippen LogP contribution in [-0.4, -0.2) is 77.2 Å². The zero-order valence-corrected chi connectivity index (χ0v) is 26.8. The minimum atomic E-state index is -3.35. The van der Waals surface area contributed by atoms with Gasteiger partial charge < -0.3 is 14.7 Å². The quantitative estimate of drug-likeness (QED) is 0.438. The maximum Gasteiger partial charge on any atom is 0.333 e. The lowest BCUT2D eigenvalue weighted by Crippen LogP contribution is -2.54. The molecule has 42 heavy (non-hydrogen) atoms. The highest BCUT2D eigenvalue weighted by Crippen LogP contribution is 2.30. The van der Waals surface area contributed by atoms with Crippen molar-refractivity contribution in [3.05, 3.63) is 51.2 Å². The van der Waals surface area contributed by atoms with Crippen LogP contribution in [0, 0.1) is 0 Å². The van der Waals surface area contributed by atoms with Gasteiger partial charge in [-0.2, -0.15) is 0 Å². The first-order valence-electron chi connectivity index (χ1n) is 15.3. The van der Waals surface area contributed by atoms with Crippen LogP contribution in [-0.2, 0) is 9.84 Å². The maximum atomic E-state index is 13.2. The normalized spacial score (nSPS) is 18.5. The largest absolute Gasteiger partial charge is 0.485 e. The fraction of sp³-hybridized carbons (Fsp3) is 0.677. The van der Waals surface area contributed by atoms with E-state index in [1.807, 2.05) is 41.5 Å². The molecule has 0 bridgehead atoms. The molecule has 1 saturated heterocycles. The molecule has 234 valence electrons. The van der Waals surface area contributed by atoms with Gasteiger partial charge in [-0.15, -0.1) is 0 Å². The van der Waals surface area contributed by atoms with Crippen LogP contribution in [0.15, 0.2) is 44.8 Å². The number of aliphatic hydroxyl groups excluding tert-OH is 1. The fourth-order valence-corrected chi connectivity index (χ4v) is 7.88. The van der Waals surface area contributed by atoms with E-state index in [9.17, 15) is 23.1 Å². The van der Waals surface area contributed by atoms with Crippen LogP contribution < -0.4 is 20.9 Å². The lowest BCUT2D eigenvalue weighted by molar-refractivity contribution is -0.0450. The van der Waals surface area contributed by atoms with E-state index in [0.717, 1.165) is 19.3 Å². The number of piperazine rings is 1. The Morgan fingerprint density at radius 1 is 0.905 bits per heavy atom. The summed E-state index contributed by atoms with van der Waals surface area (Å²) in [4.78, 5) is 30.5. The summed E-state index contributed by atoms with van der Waals surface area (Å²) >= 11 is 0.